The molecule has 1 fully saturated rings. The Bertz CT molecular complexity index is 614. The molecule has 1 saturated carbocycles. The molecule has 0 unspecified atom stereocenters. The van der Waals surface area contributed by atoms with Gasteiger partial charge in [0.1, 0.15) is 5.76 Å². The van der Waals surface area contributed by atoms with Crippen LogP contribution < -0.4 is 10.7 Å². The molecule has 0 spiro atoms. The van der Waals surface area contributed by atoms with Crippen LogP contribution in [-0.4, -0.2) is 28.8 Å². The molecule has 0 aliphatic heterocycles. The SMILES string of the molecule is Cc1cc(=O)c(O)c(C2(CC(=O)NC[C@@H](C)O)CCCCC2)o1. The fourth-order valence-corrected chi connectivity index (χ4v) is 3.31. The first kappa shape index (κ1) is 17.5. The zero-order chi connectivity index (χ0) is 17.0. The first-order valence-corrected chi connectivity index (χ1v) is 8.13. The zero-order valence-electron chi connectivity index (χ0n) is 13.7. The molecule has 23 heavy (non-hydrogen) atoms. The number of hydrogen-bond acceptors (Lipinski definition) is 5. The summed E-state index contributed by atoms with van der Waals surface area (Å²) in [7, 11) is 0. The fourth-order valence-electron chi connectivity index (χ4n) is 3.31. The van der Waals surface area contributed by atoms with Crippen molar-refractivity contribution >= 4 is 5.91 Å². The number of carbonyl (C=O) groups is 1. The third-order valence-corrected chi connectivity index (χ3v) is 4.43. The molecular weight excluding hydrogens is 298 g/mol. The third-order valence-electron chi connectivity index (χ3n) is 4.43. The molecule has 2 rings (SSSR count). The number of nitrogens with one attached hydrogen (secondary N) is 1. The van der Waals surface area contributed by atoms with E-state index in [9.17, 15) is 19.8 Å². The van der Waals surface area contributed by atoms with E-state index in [4.69, 9.17) is 4.42 Å². The Hall–Kier alpha value is -1.82. The number of hydrogen-bond donors (Lipinski definition) is 3. The van der Waals surface area contributed by atoms with Gasteiger partial charge in [-0.15, -0.1) is 0 Å². The van der Waals surface area contributed by atoms with Gasteiger partial charge in [0.25, 0.3) is 0 Å². The summed E-state index contributed by atoms with van der Waals surface area (Å²) in [5, 5.41) is 22.2. The highest BCUT2D eigenvalue weighted by atomic mass is 16.4. The molecule has 1 aliphatic carbocycles. The topological polar surface area (TPSA) is 99.8 Å². The third kappa shape index (κ3) is 4.13. The van der Waals surface area contributed by atoms with Crippen molar-refractivity contribution in [1.29, 1.82) is 0 Å². The van der Waals surface area contributed by atoms with Crippen molar-refractivity contribution in [2.75, 3.05) is 6.54 Å². The van der Waals surface area contributed by atoms with E-state index in [-0.39, 0.29) is 30.4 Å². The highest BCUT2D eigenvalue weighted by Crippen LogP contribution is 2.44. The van der Waals surface area contributed by atoms with Gasteiger partial charge in [0.2, 0.25) is 17.1 Å². The number of aliphatic hydroxyl groups excluding tert-OH is 1. The Morgan fingerprint density at radius 3 is 2.65 bits per heavy atom. The molecule has 1 aromatic rings. The lowest BCUT2D eigenvalue weighted by Crippen LogP contribution is -2.39. The van der Waals surface area contributed by atoms with Crippen LogP contribution in [0.3, 0.4) is 0 Å². The van der Waals surface area contributed by atoms with Crippen molar-refractivity contribution in [3.63, 3.8) is 0 Å². The smallest absolute Gasteiger partial charge is 0.227 e. The second-order valence-electron chi connectivity index (χ2n) is 6.57. The van der Waals surface area contributed by atoms with Crippen LogP contribution in [0.15, 0.2) is 15.3 Å². The van der Waals surface area contributed by atoms with E-state index in [1.807, 2.05) is 0 Å². The number of amides is 1. The lowest BCUT2D eigenvalue weighted by Gasteiger charge is -2.36. The molecule has 1 amide bonds. The maximum Gasteiger partial charge on any atom is 0.227 e. The van der Waals surface area contributed by atoms with E-state index in [1.165, 1.54) is 6.07 Å². The summed E-state index contributed by atoms with van der Waals surface area (Å²) in [6.45, 7) is 3.44. The molecule has 0 radical (unpaired) electrons. The lowest BCUT2D eigenvalue weighted by atomic mass is 9.69. The zero-order valence-corrected chi connectivity index (χ0v) is 13.7. The van der Waals surface area contributed by atoms with Crippen LogP contribution in [-0.2, 0) is 10.2 Å². The normalized spacial score (nSPS) is 18.4. The fraction of sp³-hybridized carbons (Fsp3) is 0.647. The van der Waals surface area contributed by atoms with Crippen LogP contribution in [0.2, 0.25) is 0 Å². The predicted octanol–water partition coefficient (Wildman–Crippen LogP) is 1.74. The van der Waals surface area contributed by atoms with Crippen molar-refractivity contribution < 1.29 is 19.4 Å². The Morgan fingerprint density at radius 2 is 2.04 bits per heavy atom. The van der Waals surface area contributed by atoms with E-state index in [1.54, 1.807) is 13.8 Å². The van der Waals surface area contributed by atoms with Crippen molar-refractivity contribution in [2.45, 2.75) is 63.9 Å². The van der Waals surface area contributed by atoms with E-state index in [0.717, 1.165) is 19.3 Å². The molecule has 128 valence electrons. The minimum atomic E-state index is -0.656. The van der Waals surface area contributed by atoms with Crippen LogP contribution in [0, 0.1) is 6.92 Å². The molecule has 1 aromatic heterocycles. The predicted molar refractivity (Wildman–Crippen MR) is 85.5 cm³/mol. The number of aliphatic hydroxyl groups is 1. The summed E-state index contributed by atoms with van der Waals surface area (Å²) < 4.78 is 5.68. The Balaban J connectivity index is 2.33. The standard InChI is InChI=1S/C17H25NO5/c1-11(19)10-18-14(21)9-17(6-4-3-5-7-17)16-15(22)13(20)8-12(2)23-16/h8,11,19,22H,3-7,9-10H2,1-2H3,(H,18,21)/t11-/m1/s1. The molecule has 1 heterocycles. The largest absolute Gasteiger partial charge is 0.502 e. The quantitative estimate of drug-likeness (QED) is 0.766. The monoisotopic (exact) mass is 323 g/mol. The van der Waals surface area contributed by atoms with Crippen molar-refractivity contribution in [2.24, 2.45) is 0 Å². The van der Waals surface area contributed by atoms with Gasteiger partial charge in [-0.25, -0.2) is 0 Å². The van der Waals surface area contributed by atoms with Crippen LogP contribution in [0.5, 0.6) is 5.75 Å². The van der Waals surface area contributed by atoms with Crippen LogP contribution in [0.1, 0.15) is 57.0 Å². The minimum Gasteiger partial charge on any atom is -0.502 e. The van der Waals surface area contributed by atoms with Crippen molar-refractivity contribution in [1.82, 2.24) is 5.32 Å². The number of aromatic hydroxyl groups is 1. The summed E-state index contributed by atoms with van der Waals surface area (Å²) in [6, 6.07) is 1.25. The van der Waals surface area contributed by atoms with Crippen LogP contribution in [0.4, 0.5) is 0 Å². The van der Waals surface area contributed by atoms with Gasteiger partial charge in [0.15, 0.2) is 5.76 Å². The maximum atomic E-state index is 12.3. The van der Waals surface area contributed by atoms with E-state index in [0.29, 0.717) is 18.6 Å². The van der Waals surface area contributed by atoms with Gasteiger partial charge in [0, 0.05) is 24.4 Å². The summed E-state index contributed by atoms with van der Waals surface area (Å²) in [6.07, 6.45) is 3.80. The van der Waals surface area contributed by atoms with Gasteiger partial charge in [-0.05, 0) is 26.7 Å². The molecule has 3 N–H and O–H groups in total. The molecule has 1 atom stereocenters. The summed E-state index contributed by atoms with van der Waals surface area (Å²) in [4.78, 5) is 24.2. The van der Waals surface area contributed by atoms with Gasteiger partial charge in [-0.1, -0.05) is 19.3 Å². The van der Waals surface area contributed by atoms with Gasteiger partial charge >= 0.3 is 0 Å². The molecular formula is C17H25NO5. The lowest BCUT2D eigenvalue weighted by molar-refractivity contribution is -0.123. The molecule has 0 aromatic carbocycles. The first-order chi connectivity index (χ1) is 10.8. The average Bonchev–Trinajstić information content (AvgIpc) is 2.49. The van der Waals surface area contributed by atoms with E-state index >= 15 is 0 Å². The number of aryl methyl sites for hydroxylation is 1. The molecule has 6 nitrogen and oxygen atoms in total. The Morgan fingerprint density at radius 1 is 1.39 bits per heavy atom. The number of rotatable bonds is 5. The maximum absolute atomic E-state index is 12.3. The minimum absolute atomic E-state index is 0.139. The Labute approximate surface area is 135 Å². The molecule has 6 heteroatoms. The van der Waals surface area contributed by atoms with Crippen LogP contribution >= 0.6 is 0 Å². The molecule has 0 bridgehead atoms. The van der Waals surface area contributed by atoms with E-state index in [2.05, 4.69) is 5.32 Å². The molecule has 1 aliphatic rings. The van der Waals surface area contributed by atoms with Gasteiger partial charge < -0.3 is 19.9 Å². The second kappa shape index (κ2) is 7.17. The number of carbonyl (C=O) groups excluding carboxylic acids is 1. The van der Waals surface area contributed by atoms with Crippen molar-refractivity contribution in [3.8, 4) is 5.75 Å². The van der Waals surface area contributed by atoms with Gasteiger partial charge in [-0.2, -0.15) is 0 Å². The highest BCUT2D eigenvalue weighted by Gasteiger charge is 2.41. The Kier molecular flexibility index (Phi) is 5.46. The molecule has 0 saturated heterocycles. The average molecular weight is 323 g/mol. The van der Waals surface area contributed by atoms with Crippen molar-refractivity contribution in [3.05, 3.63) is 27.8 Å². The van der Waals surface area contributed by atoms with Crippen LogP contribution in [0.25, 0.3) is 0 Å². The summed E-state index contributed by atoms with van der Waals surface area (Å²) in [5.41, 5.74) is -1.13. The highest BCUT2D eigenvalue weighted by molar-refractivity contribution is 5.77. The first-order valence-electron chi connectivity index (χ1n) is 8.13. The summed E-state index contributed by atoms with van der Waals surface area (Å²) in [5.74, 6) is 0.0590. The summed E-state index contributed by atoms with van der Waals surface area (Å²) >= 11 is 0. The van der Waals surface area contributed by atoms with Gasteiger partial charge in [0.05, 0.1) is 6.10 Å². The second-order valence-corrected chi connectivity index (χ2v) is 6.57. The van der Waals surface area contributed by atoms with E-state index < -0.39 is 16.9 Å². The van der Waals surface area contributed by atoms with Gasteiger partial charge in [-0.3, -0.25) is 9.59 Å².